The standard InChI is InChI=1S/C22H45NS2/c1-4-5-6-7-8-9-10-11-12-13-14-15-16-17-18-19-20-22(2,3)23-21(24)25/h4-20H2,1-3H3,(H2,23,24,25). The molecule has 0 saturated carbocycles. The third-order valence-electron chi connectivity index (χ3n) is 5.10. The van der Waals surface area contributed by atoms with E-state index in [2.05, 4.69) is 38.7 Å². The Labute approximate surface area is 169 Å². The van der Waals surface area contributed by atoms with Gasteiger partial charge >= 0.3 is 0 Å². The van der Waals surface area contributed by atoms with E-state index in [4.69, 9.17) is 12.2 Å². The average molecular weight is 388 g/mol. The largest absolute Gasteiger partial charge is 0.366 e. The van der Waals surface area contributed by atoms with Crippen molar-refractivity contribution in [2.45, 2.75) is 135 Å². The Morgan fingerprint density at radius 2 is 1.00 bits per heavy atom. The highest BCUT2D eigenvalue weighted by Gasteiger charge is 2.16. The molecule has 0 heterocycles. The molecule has 0 aliphatic carbocycles. The van der Waals surface area contributed by atoms with E-state index < -0.39 is 0 Å². The zero-order valence-corrected chi connectivity index (χ0v) is 19.1. The summed E-state index contributed by atoms with van der Waals surface area (Å²) in [6.07, 6.45) is 23.9. The summed E-state index contributed by atoms with van der Waals surface area (Å²) in [4.78, 5) is 0. The summed E-state index contributed by atoms with van der Waals surface area (Å²) in [5.74, 6) is 0. The highest BCUT2D eigenvalue weighted by atomic mass is 32.1. The minimum Gasteiger partial charge on any atom is -0.366 e. The molecule has 0 radical (unpaired) electrons. The SMILES string of the molecule is CCCCCCCCCCCCCCCCCCC(C)(C)NC(=S)S. The van der Waals surface area contributed by atoms with Crippen LogP contribution in [0.5, 0.6) is 0 Å². The Balaban J connectivity index is 3.18. The molecule has 0 unspecified atom stereocenters. The van der Waals surface area contributed by atoms with E-state index >= 15 is 0 Å². The van der Waals surface area contributed by atoms with Crippen molar-refractivity contribution in [1.82, 2.24) is 5.32 Å². The van der Waals surface area contributed by atoms with E-state index in [1.54, 1.807) is 0 Å². The molecule has 3 heteroatoms. The molecule has 0 aromatic carbocycles. The molecule has 0 rings (SSSR count). The lowest BCUT2D eigenvalue weighted by atomic mass is 9.96. The van der Waals surface area contributed by atoms with Crippen LogP contribution in [0, 0.1) is 0 Å². The Bertz CT molecular complexity index is 302. The fraction of sp³-hybridized carbons (Fsp3) is 0.955. The molecule has 0 aliphatic heterocycles. The second-order valence-corrected chi connectivity index (χ2v) is 9.53. The van der Waals surface area contributed by atoms with E-state index in [-0.39, 0.29) is 5.54 Å². The van der Waals surface area contributed by atoms with Crippen molar-refractivity contribution in [1.29, 1.82) is 0 Å². The second kappa shape index (κ2) is 17.6. The highest BCUT2D eigenvalue weighted by molar-refractivity contribution is 8.11. The zero-order valence-electron chi connectivity index (χ0n) is 17.4. The van der Waals surface area contributed by atoms with Crippen molar-refractivity contribution < 1.29 is 0 Å². The van der Waals surface area contributed by atoms with Crippen LogP contribution in [0.4, 0.5) is 0 Å². The molecule has 25 heavy (non-hydrogen) atoms. The lowest BCUT2D eigenvalue weighted by Gasteiger charge is -2.26. The molecule has 0 aromatic rings. The van der Waals surface area contributed by atoms with Crippen LogP contribution in [0.3, 0.4) is 0 Å². The molecule has 0 fully saturated rings. The summed E-state index contributed by atoms with van der Waals surface area (Å²) in [6, 6.07) is 0. The number of hydrogen-bond donors (Lipinski definition) is 2. The maximum absolute atomic E-state index is 5.01. The van der Waals surface area contributed by atoms with Crippen LogP contribution < -0.4 is 5.32 Å². The van der Waals surface area contributed by atoms with Crippen LogP contribution in [0.2, 0.25) is 0 Å². The number of unbranched alkanes of at least 4 members (excludes halogenated alkanes) is 15. The van der Waals surface area contributed by atoms with Crippen molar-refractivity contribution in [2.24, 2.45) is 0 Å². The Morgan fingerprint density at radius 3 is 1.32 bits per heavy atom. The molecule has 1 N–H and O–H groups in total. The number of rotatable bonds is 18. The molecular weight excluding hydrogens is 342 g/mol. The van der Waals surface area contributed by atoms with Crippen LogP contribution in [-0.4, -0.2) is 9.86 Å². The monoisotopic (exact) mass is 387 g/mol. The minimum atomic E-state index is 0.0921. The van der Waals surface area contributed by atoms with Crippen LogP contribution in [-0.2, 0) is 0 Å². The first-order chi connectivity index (χ1) is 12.0. The van der Waals surface area contributed by atoms with Crippen molar-refractivity contribution >= 4 is 29.2 Å². The maximum Gasteiger partial charge on any atom is 0.131 e. The first-order valence-electron chi connectivity index (χ1n) is 11.0. The van der Waals surface area contributed by atoms with Gasteiger partial charge in [-0.05, 0) is 20.3 Å². The second-order valence-electron chi connectivity index (χ2n) is 8.37. The molecule has 0 amide bonds. The van der Waals surface area contributed by atoms with Crippen molar-refractivity contribution in [3.63, 3.8) is 0 Å². The predicted octanol–water partition coefficient (Wildman–Crippen LogP) is 8.22. The molecule has 0 saturated heterocycles. The van der Waals surface area contributed by atoms with Gasteiger partial charge in [0.25, 0.3) is 0 Å². The quantitative estimate of drug-likeness (QED) is 0.139. The molecular formula is C22H45NS2. The van der Waals surface area contributed by atoms with E-state index in [1.807, 2.05) is 0 Å². The fourth-order valence-corrected chi connectivity index (χ4v) is 4.05. The minimum absolute atomic E-state index is 0.0921. The lowest BCUT2D eigenvalue weighted by Crippen LogP contribution is -2.40. The third kappa shape index (κ3) is 20.4. The van der Waals surface area contributed by atoms with Crippen molar-refractivity contribution in [3.05, 3.63) is 0 Å². The Kier molecular flexibility index (Phi) is 17.8. The van der Waals surface area contributed by atoms with Gasteiger partial charge in [-0.25, -0.2) is 0 Å². The molecule has 1 nitrogen and oxygen atoms in total. The van der Waals surface area contributed by atoms with Crippen molar-refractivity contribution in [2.75, 3.05) is 0 Å². The summed E-state index contributed by atoms with van der Waals surface area (Å²) >= 11 is 9.18. The van der Waals surface area contributed by atoms with E-state index in [0.717, 1.165) is 0 Å². The van der Waals surface area contributed by atoms with Gasteiger partial charge in [0.15, 0.2) is 0 Å². The maximum atomic E-state index is 5.01. The molecule has 0 aliphatic rings. The van der Waals surface area contributed by atoms with Gasteiger partial charge in [-0.1, -0.05) is 122 Å². The zero-order chi connectivity index (χ0) is 18.8. The van der Waals surface area contributed by atoms with Gasteiger partial charge in [0.1, 0.15) is 4.32 Å². The molecule has 0 atom stereocenters. The summed E-state index contributed by atoms with van der Waals surface area (Å²) in [5, 5.41) is 3.27. The molecule has 150 valence electrons. The first kappa shape index (κ1) is 25.2. The summed E-state index contributed by atoms with van der Waals surface area (Å²) < 4.78 is 0.612. The van der Waals surface area contributed by atoms with E-state index in [1.165, 1.54) is 109 Å². The summed E-state index contributed by atoms with van der Waals surface area (Å²) in [7, 11) is 0. The molecule has 0 bridgehead atoms. The van der Waals surface area contributed by atoms with Gasteiger partial charge in [0, 0.05) is 5.54 Å². The number of nitrogens with one attached hydrogen (secondary N) is 1. The normalized spacial score (nSPS) is 11.7. The average Bonchev–Trinajstić information content (AvgIpc) is 2.53. The van der Waals surface area contributed by atoms with Crippen LogP contribution in [0.15, 0.2) is 0 Å². The molecule has 0 aromatic heterocycles. The fourth-order valence-electron chi connectivity index (χ4n) is 3.47. The number of hydrogen-bond acceptors (Lipinski definition) is 1. The number of thiol groups is 1. The topological polar surface area (TPSA) is 12.0 Å². The molecule has 0 spiro atoms. The highest BCUT2D eigenvalue weighted by Crippen LogP contribution is 2.17. The van der Waals surface area contributed by atoms with Gasteiger partial charge in [0.05, 0.1) is 0 Å². The van der Waals surface area contributed by atoms with Crippen LogP contribution >= 0.6 is 24.8 Å². The first-order valence-corrected chi connectivity index (χ1v) is 11.8. The van der Waals surface area contributed by atoms with Gasteiger partial charge in [-0.15, -0.1) is 12.6 Å². The van der Waals surface area contributed by atoms with Crippen molar-refractivity contribution in [3.8, 4) is 0 Å². The van der Waals surface area contributed by atoms with E-state index in [9.17, 15) is 0 Å². The van der Waals surface area contributed by atoms with Gasteiger partial charge in [0.2, 0.25) is 0 Å². The predicted molar refractivity (Wildman–Crippen MR) is 123 cm³/mol. The van der Waals surface area contributed by atoms with Gasteiger partial charge in [-0.2, -0.15) is 0 Å². The Morgan fingerprint density at radius 1 is 0.680 bits per heavy atom. The summed E-state index contributed by atoms with van der Waals surface area (Å²) in [5.41, 5.74) is 0.0921. The van der Waals surface area contributed by atoms with E-state index in [0.29, 0.717) is 4.32 Å². The van der Waals surface area contributed by atoms with Crippen LogP contribution in [0.1, 0.15) is 130 Å². The number of thiocarbonyl (C=S) groups is 1. The third-order valence-corrected chi connectivity index (χ3v) is 5.31. The lowest BCUT2D eigenvalue weighted by molar-refractivity contribution is 0.404. The van der Waals surface area contributed by atoms with Crippen LogP contribution in [0.25, 0.3) is 0 Å². The Hall–Kier alpha value is 0.240. The van der Waals surface area contributed by atoms with Gasteiger partial charge < -0.3 is 5.32 Å². The summed E-state index contributed by atoms with van der Waals surface area (Å²) in [6.45, 7) is 6.71. The van der Waals surface area contributed by atoms with Gasteiger partial charge in [-0.3, -0.25) is 0 Å². The smallest absolute Gasteiger partial charge is 0.131 e.